The molecule has 2 aromatic heterocycles. The number of pyridine rings is 1. The molecule has 1 N–H and O–H groups in total. The fourth-order valence-electron chi connectivity index (χ4n) is 2.59. The van der Waals surface area contributed by atoms with Gasteiger partial charge in [-0.2, -0.15) is 9.40 Å². The van der Waals surface area contributed by atoms with Crippen LogP contribution in [-0.4, -0.2) is 52.2 Å². The van der Waals surface area contributed by atoms with Gasteiger partial charge in [-0.15, -0.1) is 0 Å². The van der Waals surface area contributed by atoms with Gasteiger partial charge in [0.1, 0.15) is 10.7 Å². The maximum absolute atomic E-state index is 12.5. The van der Waals surface area contributed by atoms with Crippen LogP contribution in [0.4, 0.5) is 5.82 Å². The van der Waals surface area contributed by atoms with Crippen LogP contribution in [0.3, 0.4) is 0 Å². The molecule has 160 valence electrons. The second-order valence-electron chi connectivity index (χ2n) is 7.55. The summed E-state index contributed by atoms with van der Waals surface area (Å²) in [5.41, 5.74) is 0.793. The second kappa shape index (κ2) is 9.27. The zero-order valence-corrected chi connectivity index (χ0v) is 19.4. The Morgan fingerprint density at radius 2 is 1.90 bits per heavy atom. The van der Waals surface area contributed by atoms with Gasteiger partial charge in [-0.05, 0) is 12.1 Å². The molecule has 0 aliphatic rings. The molecule has 0 bridgehead atoms. The Morgan fingerprint density at radius 3 is 2.38 bits per heavy atom. The largest absolute Gasteiger partial charge is 0.310 e. The van der Waals surface area contributed by atoms with Crippen molar-refractivity contribution in [2.45, 2.75) is 50.0 Å². The van der Waals surface area contributed by atoms with E-state index in [4.69, 9.17) is 0 Å². The Labute approximate surface area is 177 Å². The zero-order chi connectivity index (χ0) is 21.8. The Bertz CT molecular complexity index is 943. The number of hydrogen-bond acceptors (Lipinski definition) is 6. The molecule has 0 radical (unpaired) electrons. The number of sulfonamides is 1. The number of carbonyl (C=O) groups excluding carboxylic acids is 1. The van der Waals surface area contributed by atoms with Crippen molar-refractivity contribution in [3.05, 3.63) is 30.1 Å². The lowest BCUT2D eigenvalue weighted by Crippen LogP contribution is -2.30. The van der Waals surface area contributed by atoms with Crippen molar-refractivity contribution >= 4 is 33.5 Å². The Balaban J connectivity index is 1.98. The monoisotopic (exact) mass is 439 g/mol. The van der Waals surface area contributed by atoms with E-state index in [1.165, 1.54) is 28.3 Å². The van der Waals surface area contributed by atoms with E-state index in [2.05, 4.69) is 36.2 Å². The van der Waals surface area contributed by atoms with E-state index in [1.54, 1.807) is 31.6 Å². The molecule has 0 aromatic carbocycles. The molecule has 0 aliphatic carbocycles. The number of aromatic nitrogens is 3. The summed E-state index contributed by atoms with van der Waals surface area (Å²) in [6.07, 6.45) is 1.34. The van der Waals surface area contributed by atoms with Crippen LogP contribution in [0.1, 0.15) is 40.3 Å². The first kappa shape index (κ1) is 23.4. The fraction of sp³-hybridized carbons (Fsp3) is 0.526. The van der Waals surface area contributed by atoms with Crippen LogP contribution >= 0.6 is 11.8 Å². The van der Waals surface area contributed by atoms with E-state index in [0.29, 0.717) is 23.9 Å². The normalized spacial score (nSPS) is 12.4. The Hall–Kier alpha value is -1.91. The summed E-state index contributed by atoms with van der Waals surface area (Å²) >= 11 is 1.24. The van der Waals surface area contributed by atoms with Crippen LogP contribution in [0.2, 0.25) is 0 Å². The minimum Gasteiger partial charge on any atom is -0.310 e. The highest BCUT2D eigenvalue weighted by Gasteiger charge is 2.22. The lowest BCUT2D eigenvalue weighted by Gasteiger charge is -2.18. The van der Waals surface area contributed by atoms with Gasteiger partial charge >= 0.3 is 0 Å². The summed E-state index contributed by atoms with van der Waals surface area (Å²) in [6, 6.07) is 5.02. The molecule has 2 aromatic rings. The number of carbonyl (C=O) groups is 1. The van der Waals surface area contributed by atoms with Gasteiger partial charge in [0.2, 0.25) is 15.9 Å². The van der Waals surface area contributed by atoms with Gasteiger partial charge in [0, 0.05) is 37.8 Å². The smallest absolute Gasteiger partial charge is 0.244 e. The lowest BCUT2D eigenvalue weighted by atomic mass is 9.92. The number of rotatable bonds is 8. The van der Waals surface area contributed by atoms with Crippen molar-refractivity contribution < 1.29 is 13.2 Å². The van der Waals surface area contributed by atoms with E-state index in [-0.39, 0.29) is 22.0 Å². The highest BCUT2D eigenvalue weighted by atomic mass is 32.2. The highest BCUT2D eigenvalue weighted by molar-refractivity contribution is 7.99. The second-order valence-corrected chi connectivity index (χ2v) is 10.5. The van der Waals surface area contributed by atoms with Crippen molar-refractivity contribution in [3.63, 3.8) is 0 Å². The Kier molecular flexibility index (Phi) is 7.47. The van der Waals surface area contributed by atoms with Gasteiger partial charge < -0.3 is 5.32 Å². The first-order chi connectivity index (χ1) is 13.5. The fourth-order valence-corrected chi connectivity index (χ4v) is 4.63. The van der Waals surface area contributed by atoms with E-state index < -0.39 is 10.0 Å². The molecule has 29 heavy (non-hydrogen) atoms. The predicted molar refractivity (Wildman–Crippen MR) is 116 cm³/mol. The topological polar surface area (TPSA) is 97.2 Å². The summed E-state index contributed by atoms with van der Waals surface area (Å²) in [5.74, 6) is 0.611. The lowest BCUT2D eigenvalue weighted by molar-refractivity contribution is -0.113. The molecule has 0 aliphatic heterocycles. The molecule has 1 amide bonds. The van der Waals surface area contributed by atoms with Crippen LogP contribution in [0.5, 0.6) is 0 Å². The van der Waals surface area contributed by atoms with E-state index in [0.717, 1.165) is 5.69 Å². The molecule has 2 rings (SSSR count). The molecule has 2 heterocycles. The molecule has 0 spiro atoms. The van der Waals surface area contributed by atoms with Crippen LogP contribution in [0, 0.1) is 0 Å². The van der Waals surface area contributed by atoms with Crippen LogP contribution in [-0.2, 0) is 27.3 Å². The molecule has 0 atom stereocenters. The number of anilines is 1. The van der Waals surface area contributed by atoms with Crippen LogP contribution < -0.4 is 5.32 Å². The number of amides is 1. The minimum absolute atomic E-state index is 0.105. The van der Waals surface area contributed by atoms with Gasteiger partial charge in [0.15, 0.2) is 0 Å². The third kappa shape index (κ3) is 5.80. The molecule has 8 nitrogen and oxygen atoms in total. The summed E-state index contributed by atoms with van der Waals surface area (Å²) in [6.45, 7) is 10.6. The van der Waals surface area contributed by atoms with E-state index in [9.17, 15) is 13.2 Å². The average Bonchev–Trinajstić information content (AvgIpc) is 3.02. The summed E-state index contributed by atoms with van der Waals surface area (Å²) in [5, 5.41) is 7.87. The molecule has 0 saturated heterocycles. The zero-order valence-electron chi connectivity index (χ0n) is 17.8. The number of nitrogens with one attached hydrogen (secondary N) is 1. The summed E-state index contributed by atoms with van der Waals surface area (Å²) in [7, 11) is -1.75. The quantitative estimate of drug-likeness (QED) is 0.635. The SMILES string of the molecule is CCN(CC)S(=O)(=O)c1ccc(SCC(=O)Nc2cc(C(C)(C)C)nn2C)nc1. The van der Waals surface area contributed by atoms with Crippen molar-refractivity contribution in [3.8, 4) is 0 Å². The third-order valence-corrected chi connectivity index (χ3v) is 7.30. The standard InChI is InChI=1S/C19H29N5O3S2/c1-7-24(8-2)29(26,27)14-9-10-18(20-12-14)28-13-17(25)21-16-11-15(19(3,4)5)22-23(16)6/h9-12H,7-8,13H2,1-6H3,(H,21,25). The molecular formula is C19H29N5O3S2. The molecule has 0 fully saturated rings. The summed E-state index contributed by atoms with van der Waals surface area (Å²) in [4.78, 5) is 16.6. The van der Waals surface area contributed by atoms with Crippen LogP contribution in [0.15, 0.2) is 34.3 Å². The number of nitrogens with zero attached hydrogens (tertiary/aromatic N) is 4. The van der Waals surface area contributed by atoms with Gasteiger partial charge in [0.05, 0.1) is 16.5 Å². The molecule has 0 saturated carbocycles. The van der Waals surface area contributed by atoms with Gasteiger partial charge in [0.25, 0.3) is 0 Å². The predicted octanol–water partition coefficient (Wildman–Crippen LogP) is 2.87. The van der Waals surface area contributed by atoms with E-state index in [1.807, 2.05) is 6.07 Å². The highest BCUT2D eigenvalue weighted by Crippen LogP contribution is 2.24. The minimum atomic E-state index is -3.53. The molecule has 10 heteroatoms. The van der Waals surface area contributed by atoms with E-state index >= 15 is 0 Å². The molecule has 0 unspecified atom stereocenters. The first-order valence-corrected chi connectivity index (χ1v) is 11.8. The first-order valence-electron chi connectivity index (χ1n) is 9.42. The maximum Gasteiger partial charge on any atom is 0.244 e. The number of thioether (sulfide) groups is 1. The van der Waals surface area contributed by atoms with Gasteiger partial charge in [-0.25, -0.2) is 13.4 Å². The van der Waals surface area contributed by atoms with Crippen molar-refractivity contribution in [1.29, 1.82) is 0 Å². The third-order valence-electron chi connectivity index (χ3n) is 4.32. The summed E-state index contributed by atoms with van der Waals surface area (Å²) < 4.78 is 28.0. The van der Waals surface area contributed by atoms with Crippen LogP contribution in [0.25, 0.3) is 0 Å². The number of hydrogen-bond donors (Lipinski definition) is 1. The molecular weight excluding hydrogens is 410 g/mol. The maximum atomic E-state index is 12.5. The average molecular weight is 440 g/mol. The number of aryl methyl sites for hydroxylation is 1. The van der Waals surface area contributed by atoms with Crippen molar-refractivity contribution in [1.82, 2.24) is 19.1 Å². The van der Waals surface area contributed by atoms with Crippen molar-refractivity contribution in [2.75, 3.05) is 24.2 Å². The van der Waals surface area contributed by atoms with Gasteiger partial charge in [-0.3, -0.25) is 9.48 Å². The van der Waals surface area contributed by atoms with Gasteiger partial charge in [-0.1, -0.05) is 46.4 Å². The Morgan fingerprint density at radius 1 is 1.24 bits per heavy atom. The van der Waals surface area contributed by atoms with Crippen molar-refractivity contribution in [2.24, 2.45) is 7.05 Å².